The molecule has 0 aromatic rings. The molecule has 0 radical (unpaired) electrons. The van der Waals surface area contributed by atoms with Crippen molar-refractivity contribution >= 4 is 5.97 Å². The molecule has 0 rings (SSSR count). The first-order chi connectivity index (χ1) is 16.2. The molecule has 2 atom stereocenters. The first-order valence-electron chi connectivity index (χ1n) is 15.3. The SMILES string of the molecule is CCCCCCCCCCCCCCC(CCCCCCC)COC(=O)C(C)CCCCC. The highest BCUT2D eigenvalue weighted by Gasteiger charge is 2.17. The van der Waals surface area contributed by atoms with Gasteiger partial charge < -0.3 is 4.74 Å². The van der Waals surface area contributed by atoms with Gasteiger partial charge in [-0.15, -0.1) is 0 Å². The summed E-state index contributed by atoms with van der Waals surface area (Å²) in [4.78, 5) is 12.4. The van der Waals surface area contributed by atoms with Crippen LogP contribution in [0.15, 0.2) is 0 Å². The lowest BCUT2D eigenvalue weighted by atomic mass is 9.94. The Labute approximate surface area is 209 Å². The summed E-state index contributed by atoms with van der Waals surface area (Å²) in [6, 6.07) is 0. The monoisotopic (exact) mass is 466 g/mol. The third-order valence-corrected chi connectivity index (χ3v) is 7.29. The molecule has 2 unspecified atom stereocenters. The van der Waals surface area contributed by atoms with E-state index in [1.807, 2.05) is 6.92 Å². The van der Waals surface area contributed by atoms with Gasteiger partial charge in [0.1, 0.15) is 0 Å². The molecule has 0 fully saturated rings. The van der Waals surface area contributed by atoms with Gasteiger partial charge in [-0.3, -0.25) is 4.79 Å². The fourth-order valence-corrected chi connectivity index (χ4v) is 4.78. The highest BCUT2D eigenvalue weighted by atomic mass is 16.5. The van der Waals surface area contributed by atoms with Gasteiger partial charge in [0.25, 0.3) is 0 Å². The third-order valence-electron chi connectivity index (χ3n) is 7.29. The summed E-state index contributed by atoms with van der Waals surface area (Å²) in [5, 5.41) is 0. The molecule has 33 heavy (non-hydrogen) atoms. The third kappa shape index (κ3) is 23.0. The molecule has 0 saturated carbocycles. The first-order valence-corrected chi connectivity index (χ1v) is 15.3. The maximum atomic E-state index is 12.4. The van der Waals surface area contributed by atoms with E-state index in [4.69, 9.17) is 4.74 Å². The summed E-state index contributed by atoms with van der Waals surface area (Å²) in [5.41, 5.74) is 0. The normalized spacial score (nSPS) is 13.2. The zero-order valence-electron chi connectivity index (χ0n) is 23.4. The van der Waals surface area contributed by atoms with E-state index in [2.05, 4.69) is 20.8 Å². The molecule has 0 amide bonds. The maximum absolute atomic E-state index is 12.4. The Kier molecular flexibility index (Phi) is 25.7. The van der Waals surface area contributed by atoms with Crippen LogP contribution in [0.3, 0.4) is 0 Å². The van der Waals surface area contributed by atoms with Crippen molar-refractivity contribution in [3.63, 3.8) is 0 Å². The Balaban J connectivity index is 3.98. The summed E-state index contributed by atoms with van der Waals surface area (Å²) < 4.78 is 5.79. The Morgan fingerprint density at radius 1 is 0.515 bits per heavy atom. The lowest BCUT2D eigenvalue weighted by molar-refractivity contribution is -0.149. The molecule has 198 valence electrons. The number of ether oxygens (including phenoxy) is 1. The Morgan fingerprint density at radius 2 is 0.848 bits per heavy atom. The Bertz CT molecular complexity index is 392. The maximum Gasteiger partial charge on any atom is 0.308 e. The zero-order chi connectivity index (χ0) is 24.4. The van der Waals surface area contributed by atoms with Crippen molar-refractivity contribution in [3.8, 4) is 0 Å². The van der Waals surface area contributed by atoms with E-state index < -0.39 is 0 Å². The molecule has 2 heteroatoms. The standard InChI is InChI=1S/C31H62O2/c1-5-8-11-13-14-15-16-17-18-19-21-24-27-30(26-23-20-12-9-6-2)28-33-31(32)29(4)25-22-10-7-3/h29-30H,5-28H2,1-4H3. The average molecular weight is 467 g/mol. The van der Waals surface area contributed by atoms with Crippen molar-refractivity contribution < 1.29 is 9.53 Å². The lowest BCUT2D eigenvalue weighted by Gasteiger charge is -2.19. The van der Waals surface area contributed by atoms with Gasteiger partial charge in [-0.2, -0.15) is 0 Å². The van der Waals surface area contributed by atoms with E-state index in [9.17, 15) is 4.79 Å². The van der Waals surface area contributed by atoms with Crippen LogP contribution < -0.4 is 0 Å². The van der Waals surface area contributed by atoms with Crippen LogP contribution in [0.1, 0.15) is 175 Å². The van der Waals surface area contributed by atoms with Crippen LogP contribution in [0, 0.1) is 11.8 Å². The van der Waals surface area contributed by atoms with Gasteiger partial charge >= 0.3 is 5.97 Å². The average Bonchev–Trinajstić information content (AvgIpc) is 2.82. The van der Waals surface area contributed by atoms with E-state index in [-0.39, 0.29) is 11.9 Å². The van der Waals surface area contributed by atoms with E-state index in [1.165, 1.54) is 135 Å². The molecule has 0 aliphatic rings. The van der Waals surface area contributed by atoms with Crippen LogP contribution in [-0.2, 0) is 9.53 Å². The number of esters is 1. The van der Waals surface area contributed by atoms with Gasteiger partial charge in [-0.25, -0.2) is 0 Å². The smallest absolute Gasteiger partial charge is 0.308 e. The van der Waals surface area contributed by atoms with Crippen molar-refractivity contribution in [2.24, 2.45) is 11.8 Å². The van der Waals surface area contributed by atoms with Gasteiger partial charge in [0, 0.05) is 0 Å². The van der Waals surface area contributed by atoms with Crippen LogP contribution >= 0.6 is 0 Å². The topological polar surface area (TPSA) is 26.3 Å². The number of hydrogen-bond acceptors (Lipinski definition) is 2. The molecule has 0 heterocycles. The summed E-state index contributed by atoms with van der Waals surface area (Å²) in [7, 11) is 0. The summed E-state index contributed by atoms with van der Waals surface area (Å²) in [6.07, 6.45) is 30.5. The fourth-order valence-electron chi connectivity index (χ4n) is 4.78. The second-order valence-electron chi connectivity index (χ2n) is 10.8. The van der Waals surface area contributed by atoms with Crippen molar-refractivity contribution in [2.75, 3.05) is 6.61 Å². The van der Waals surface area contributed by atoms with Crippen molar-refractivity contribution in [3.05, 3.63) is 0 Å². The molecular formula is C31H62O2. The highest BCUT2D eigenvalue weighted by Crippen LogP contribution is 2.21. The van der Waals surface area contributed by atoms with Crippen LogP contribution in [0.4, 0.5) is 0 Å². The summed E-state index contributed by atoms with van der Waals surface area (Å²) in [6.45, 7) is 9.48. The van der Waals surface area contributed by atoms with Gasteiger partial charge in [0.15, 0.2) is 0 Å². The molecule has 0 aliphatic heterocycles. The zero-order valence-corrected chi connectivity index (χ0v) is 23.4. The highest BCUT2D eigenvalue weighted by molar-refractivity contribution is 5.71. The van der Waals surface area contributed by atoms with Gasteiger partial charge in [-0.05, 0) is 25.2 Å². The van der Waals surface area contributed by atoms with Gasteiger partial charge in [0.05, 0.1) is 12.5 Å². The number of rotatable bonds is 26. The van der Waals surface area contributed by atoms with E-state index in [0.717, 1.165) is 12.8 Å². The second-order valence-corrected chi connectivity index (χ2v) is 10.8. The molecule has 0 aromatic heterocycles. The van der Waals surface area contributed by atoms with Crippen LogP contribution in [0.5, 0.6) is 0 Å². The molecular weight excluding hydrogens is 404 g/mol. The lowest BCUT2D eigenvalue weighted by Crippen LogP contribution is -2.19. The molecule has 0 aliphatic carbocycles. The summed E-state index contributed by atoms with van der Waals surface area (Å²) >= 11 is 0. The number of hydrogen-bond donors (Lipinski definition) is 0. The largest absolute Gasteiger partial charge is 0.465 e. The molecule has 0 aromatic carbocycles. The second kappa shape index (κ2) is 26.1. The minimum atomic E-state index is 0.0387. The minimum absolute atomic E-state index is 0.0387. The first kappa shape index (κ1) is 32.5. The quantitative estimate of drug-likeness (QED) is 0.0935. The number of carbonyl (C=O) groups is 1. The van der Waals surface area contributed by atoms with Gasteiger partial charge in [-0.1, -0.05) is 156 Å². The number of carbonyl (C=O) groups excluding carboxylic acids is 1. The minimum Gasteiger partial charge on any atom is -0.465 e. The van der Waals surface area contributed by atoms with Crippen LogP contribution in [0.2, 0.25) is 0 Å². The number of unbranched alkanes of at least 4 members (excludes halogenated alkanes) is 17. The summed E-state index contributed by atoms with van der Waals surface area (Å²) in [5.74, 6) is 0.673. The molecule has 0 N–H and O–H groups in total. The van der Waals surface area contributed by atoms with Crippen molar-refractivity contribution in [1.82, 2.24) is 0 Å². The van der Waals surface area contributed by atoms with E-state index in [0.29, 0.717) is 12.5 Å². The molecule has 2 nitrogen and oxygen atoms in total. The van der Waals surface area contributed by atoms with Gasteiger partial charge in [0.2, 0.25) is 0 Å². The van der Waals surface area contributed by atoms with Crippen molar-refractivity contribution in [1.29, 1.82) is 0 Å². The van der Waals surface area contributed by atoms with E-state index >= 15 is 0 Å². The van der Waals surface area contributed by atoms with Crippen LogP contribution in [-0.4, -0.2) is 12.6 Å². The predicted molar refractivity (Wildman–Crippen MR) is 147 cm³/mol. The predicted octanol–water partition coefficient (Wildman–Crippen LogP) is 10.8. The molecule has 0 spiro atoms. The molecule has 0 saturated heterocycles. The van der Waals surface area contributed by atoms with Crippen LogP contribution in [0.25, 0.3) is 0 Å². The van der Waals surface area contributed by atoms with E-state index in [1.54, 1.807) is 0 Å². The fraction of sp³-hybridized carbons (Fsp3) is 0.968. The van der Waals surface area contributed by atoms with Crippen molar-refractivity contribution in [2.45, 2.75) is 175 Å². The Morgan fingerprint density at radius 3 is 1.27 bits per heavy atom. The molecule has 0 bridgehead atoms. The Hall–Kier alpha value is -0.530.